The number of hydrogen-bond acceptors (Lipinski definition) is 8. The summed E-state index contributed by atoms with van der Waals surface area (Å²) < 4.78 is 30.4. The van der Waals surface area contributed by atoms with E-state index in [2.05, 4.69) is 10.3 Å². The molecule has 41 heavy (non-hydrogen) atoms. The molecule has 0 unspecified atom stereocenters. The Hall–Kier alpha value is -3.93. The molecule has 0 fully saturated rings. The largest absolute Gasteiger partial charge is 0.497 e. The van der Waals surface area contributed by atoms with E-state index in [0.717, 1.165) is 11.8 Å². The van der Waals surface area contributed by atoms with E-state index in [-0.39, 0.29) is 40.4 Å². The number of pyridine rings is 1. The van der Waals surface area contributed by atoms with E-state index in [1.54, 1.807) is 24.1 Å². The number of carbonyl (C=O) groups excluding carboxylic acids is 1. The van der Waals surface area contributed by atoms with Gasteiger partial charge in [0.15, 0.2) is 14.9 Å². The number of aromatic nitrogens is 3. The molecule has 0 aliphatic carbocycles. The number of carbonyl (C=O) groups is 1. The fourth-order valence-electron chi connectivity index (χ4n) is 4.48. The summed E-state index contributed by atoms with van der Waals surface area (Å²) in [5, 5.41) is 3.74. The second-order valence-corrected chi connectivity index (χ2v) is 12.2. The number of methoxy groups -OCH3 is 1. The zero-order chi connectivity index (χ0) is 29.3. The second-order valence-electron chi connectivity index (χ2n) is 9.44. The third kappa shape index (κ3) is 6.07. The monoisotopic (exact) mass is 613 g/mol. The van der Waals surface area contributed by atoms with Gasteiger partial charge >= 0.3 is 0 Å². The van der Waals surface area contributed by atoms with Crippen LogP contribution in [0, 0.1) is 0 Å². The number of sulfone groups is 1. The molecule has 0 bridgehead atoms. The SMILES string of the molecule is COc1ccc(CNc2nc3c(c(=O)n2-c2ccc(S(C)(=O)=O)nc2)CCN(C(=O)c2ccc(Cl)c(Cl)c2)C3)cc1. The minimum atomic E-state index is -3.52. The Balaban J connectivity index is 1.52. The molecule has 4 aromatic rings. The standard InChI is InChI=1S/C28H25Cl2N5O5S/c1-40-20-7-3-17(4-8-20)14-32-28-33-24-16-34(26(36)18-5-9-22(29)23(30)13-18)12-11-21(24)27(37)35(28)19-6-10-25(31-15-19)41(2,38)39/h3-10,13,15H,11-12,14,16H2,1-2H3,(H,32,33). The summed E-state index contributed by atoms with van der Waals surface area (Å²) >= 11 is 12.1. The van der Waals surface area contributed by atoms with Gasteiger partial charge in [-0.15, -0.1) is 0 Å². The van der Waals surface area contributed by atoms with Crippen LogP contribution < -0.4 is 15.6 Å². The number of rotatable bonds is 7. The fraction of sp³-hybridized carbons (Fsp3) is 0.214. The number of benzene rings is 2. The van der Waals surface area contributed by atoms with E-state index in [1.165, 1.54) is 29.0 Å². The lowest BCUT2D eigenvalue weighted by Gasteiger charge is -2.29. The minimum absolute atomic E-state index is 0.107. The van der Waals surface area contributed by atoms with Crippen LogP contribution in [0.5, 0.6) is 5.75 Å². The van der Waals surface area contributed by atoms with Crippen LogP contribution in [0.25, 0.3) is 5.69 Å². The van der Waals surface area contributed by atoms with Crippen LogP contribution in [0.2, 0.25) is 10.0 Å². The fourth-order valence-corrected chi connectivity index (χ4v) is 5.34. The summed E-state index contributed by atoms with van der Waals surface area (Å²) in [6.07, 6.45) is 2.67. The number of ether oxygens (including phenoxy) is 1. The Bertz CT molecular complexity index is 1790. The lowest BCUT2D eigenvalue weighted by Crippen LogP contribution is -2.40. The van der Waals surface area contributed by atoms with Gasteiger partial charge in [0.2, 0.25) is 5.95 Å². The normalized spacial score (nSPS) is 13.0. The molecule has 3 heterocycles. The zero-order valence-electron chi connectivity index (χ0n) is 22.1. The number of hydrogen-bond donors (Lipinski definition) is 1. The number of amides is 1. The summed E-state index contributed by atoms with van der Waals surface area (Å²) in [4.78, 5) is 37.5. The highest BCUT2D eigenvalue weighted by atomic mass is 35.5. The molecule has 13 heteroatoms. The average Bonchev–Trinajstić information content (AvgIpc) is 2.97. The second kappa shape index (κ2) is 11.5. The summed E-state index contributed by atoms with van der Waals surface area (Å²) in [7, 11) is -1.94. The van der Waals surface area contributed by atoms with Gasteiger partial charge in [-0.2, -0.15) is 0 Å². The van der Waals surface area contributed by atoms with Gasteiger partial charge in [0.25, 0.3) is 11.5 Å². The summed E-state index contributed by atoms with van der Waals surface area (Å²) in [6, 6.07) is 15.0. The molecule has 0 atom stereocenters. The van der Waals surface area contributed by atoms with Crippen LogP contribution in [0.1, 0.15) is 27.2 Å². The van der Waals surface area contributed by atoms with Crippen LogP contribution in [-0.2, 0) is 29.3 Å². The molecule has 2 aromatic heterocycles. The number of anilines is 1. The lowest BCUT2D eigenvalue weighted by atomic mass is 10.0. The highest BCUT2D eigenvalue weighted by molar-refractivity contribution is 7.90. The Kier molecular flexibility index (Phi) is 8.03. The van der Waals surface area contributed by atoms with Crippen LogP contribution in [0.15, 0.2) is 70.6 Å². The molecule has 1 aliphatic heterocycles. The quantitative estimate of drug-likeness (QED) is 0.329. The molecule has 5 rings (SSSR count). The minimum Gasteiger partial charge on any atom is -0.497 e. The predicted molar refractivity (Wildman–Crippen MR) is 156 cm³/mol. The zero-order valence-corrected chi connectivity index (χ0v) is 24.4. The van der Waals surface area contributed by atoms with Crippen molar-refractivity contribution < 1.29 is 17.9 Å². The smallest absolute Gasteiger partial charge is 0.263 e. The van der Waals surface area contributed by atoms with Crippen molar-refractivity contribution in [1.29, 1.82) is 0 Å². The molecule has 1 aliphatic rings. The molecule has 1 amide bonds. The first-order valence-corrected chi connectivity index (χ1v) is 15.1. The Labute approximate surface area is 246 Å². The Morgan fingerprint density at radius 2 is 1.83 bits per heavy atom. The first-order chi connectivity index (χ1) is 19.5. The summed E-state index contributed by atoms with van der Waals surface area (Å²) in [6.45, 7) is 0.746. The van der Waals surface area contributed by atoms with Crippen molar-refractivity contribution >= 4 is 44.9 Å². The molecule has 1 N–H and O–H groups in total. The van der Waals surface area contributed by atoms with E-state index in [0.29, 0.717) is 46.4 Å². The average molecular weight is 615 g/mol. The van der Waals surface area contributed by atoms with Crippen LogP contribution >= 0.6 is 23.2 Å². The molecule has 0 saturated carbocycles. The summed E-state index contributed by atoms with van der Waals surface area (Å²) in [5.74, 6) is 0.678. The highest BCUT2D eigenvalue weighted by Gasteiger charge is 2.28. The maximum atomic E-state index is 13.8. The van der Waals surface area contributed by atoms with Crippen molar-refractivity contribution in [1.82, 2.24) is 19.4 Å². The topological polar surface area (TPSA) is 123 Å². The maximum Gasteiger partial charge on any atom is 0.263 e. The number of halogens is 2. The van der Waals surface area contributed by atoms with Gasteiger partial charge < -0.3 is 15.0 Å². The van der Waals surface area contributed by atoms with Crippen LogP contribution in [-0.4, -0.2) is 53.7 Å². The third-order valence-electron chi connectivity index (χ3n) is 6.66. The van der Waals surface area contributed by atoms with Gasteiger partial charge in [-0.1, -0.05) is 35.3 Å². The Morgan fingerprint density at radius 1 is 1.07 bits per heavy atom. The van der Waals surface area contributed by atoms with E-state index in [9.17, 15) is 18.0 Å². The van der Waals surface area contributed by atoms with Gasteiger partial charge in [0.1, 0.15) is 5.75 Å². The third-order valence-corrected chi connectivity index (χ3v) is 8.40. The van der Waals surface area contributed by atoms with Gasteiger partial charge in [0, 0.05) is 30.5 Å². The lowest BCUT2D eigenvalue weighted by molar-refractivity contribution is 0.0731. The van der Waals surface area contributed by atoms with Crippen molar-refractivity contribution in [2.45, 2.75) is 24.5 Å². The predicted octanol–water partition coefficient (Wildman–Crippen LogP) is 4.16. The first-order valence-electron chi connectivity index (χ1n) is 12.5. The van der Waals surface area contributed by atoms with Crippen LogP contribution in [0.4, 0.5) is 5.95 Å². The maximum absolute atomic E-state index is 13.8. The van der Waals surface area contributed by atoms with E-state index in [4.69, 9.17) is 32.9 Å². The van der Waals surface area contributed by atoms with E-state index in [1.807, 2.05) is 24.3 Å². The van der Waals surface area contributed by atoms with Crippen molar-refractivity contribution in [3.63, 3.8) is 0 Å². The number of nitrogens with one attached hydrogen (secondary N) is 1. The Morgan fingerprint density at radius 3 is 2.46 bits per heavy atom. The molecule has 0 saturated heterocycles. The molecule has 10 nitrogen and oxygen atoms in total. The summed E-state index contributed by atoms with van der Waals surface area (Å²) in [5.41, 5.74) is 2.23. The first kappa shape index (κ1) is 28.6. The molecule has 0 spiro atoms. The number of nitrogens with zero attached hydrogens (tertiary/aromatic N) is 4. The van der Waals surface area contributed by atoms with Crippen LogP contribution in [0.3, 0.4) is 0 Å². The van der Waals surface area contributed by atoms with Crippen molar-refractivity contribution in [2.24, 2.45) is 0 Å². The van der Waals surface area contributed by atoms with E-state index < -0.39 is 9.84 Å². The molecular weight excluding hydrogens is 589 g/mol. The van der Waals surface area contributed by atoms with Gasteiger partial charge in [-0.25, -0.2) is 23.0 Å². The van der Waals surface area contributed by atoms with E-state index >= 15 is 0 Å². The van der Waals surface area contributed by atoms with Gasteiger partial charge in [0.05, 0.1) is 41.3 Å². The van der Waals surface area contributed by atoms with Gasteiger partial charge in [-0.05, 0) is 54.4 Å². The molecule has 2 aromatic carbocycles. The molecule has 212 valence electrons. The highest BCUT2D eigenvalue weighted by Crippen LogP contribution is 2.26. The molecular formula is C28H25Cl2N5O5S. The molecule has 0 radical (unpaired) electrons. The van der Waals surface area contributed by atoms with Gasteiger partial charge in [-0.3, -0.25) is 9.59 Å². The van der Waals surface area contributed by atoms with Crippen molar-refractivity contribution in [2.75, 3.05) is 25.2 Å². The van der Waals surface area contributed by atoms with Crippen molar-refractivity contribution in [3.05, 3.63) is 104 Å². The number of fused-ring (bicyclic) bond motifs is 1. The van der Waals surface area contributed by atoms with Crippen molar-refractivity contribution in [3.8, 4) is 11.4 Å².